The average molecular weight is 291 g/mol. The van der Waals surface area contributed by atoms with Crippen molar-refractivity contribution < 1.29 is 8.42 Å². The van der Waals surface area contributed by atoms with Gasteiger partial charge in [0.05, 0.1) is 12.9 Å². The molecule has 1 aromatic heterocycles. The van der Waals surface area contributed by atoms with Crippen molar-refractivity contribution in [3.8, 4) is 0 Å². The molecule has 0 spiro atoms. The predicted octanol–water partition coefficient (Wildman–Crippen LogP) is 2.51. The largest absolute Gasteiger partial charge is 0.332 e. The van der Waals surface area contributed by atoms with Crippen molar-refractivity contribution >= 4 is 31.3 Å². The highest BCUT2D eigenvalue weighted by Gasteiger charge is 2.13. The van der Waals surface area contributed by atoms with Gasteiger partial charge in [-0.05, 0) is 11.6 Å². The van der Waals surface area contributed by atoms with Crippen LogP contribution in [0.3, 0.4) is 0 Å². The fourth-order valence-corrected chi connectivity index (χ4v) is 2.24. The molecule has 0 amide bonds. The van der Waals surface area contributed by atoms with E-state index in [-0.39, 0.29) is 5.03 Å². The number of rotatable bonds is 3. The quantitative estimate of drug-likeness (QED) is 0.816. The molecule has 0 aliphatic carbocycles. The lowest BCUT2D eigenvalue weighted by Gasteiger charge is -2.03. The van der Waals surface area contributed by atoms with E-state index >= 15 is 0 Å². The SMILES string of the molecule is O=S(=O)(Cl)c1cn(Cc2ccccc2Cl)cn1. The van der Waals surface area contributed by atoms with Crippen LogP contribution in [-0.2, 0) is 15.6 Å². The predicted molar refractivity (Wildman–Crippen MR) is 65.8 cm³/mol. The lowest BCUT2D eigenvalue weighted by atomic mass is 10.2. The molecule has 0 aliphatic heterocycles. The van der Waals surface area contributed by atoms with Crippen LogP contribution >= 0.6 is 22.3 Å². The standard InChI is InChI=1S/C10H8Cl2N2O2S/c11-9-4-2-1-3-8(9)5-14-6-10(13-7-14)17(12,15)16/h1-4,6-7H,5H2. The minimum absolute atomic E-state index is 0.161. The van der Waals surface area contributed by atoms with Crippen molar-refractivity contribution in [2.75, 3.05) is 0 Å². The van der Waals surface area contributed by atoms with Crippen LogP contribution in [0.5, 0.6) is 0 Å². The van der Waals surface area contributed by atoms with Gasteiger partial charge >= 0.3 is 0 Å². The van der Waals surface area contributed by atoms with Gasteiger partial charge in [-0.1, -0.05) is 29.8 Å². The third-order valence-corrected chi connectivity index (χ3v) is 3.72. The molecule has 2 aromatic rings. The van der Waals surface area contributed by atoms with Gasteiger partial charge in [0.1, 0.15) is 0 Å². The first kappa shape index (κ1) is 12.4. The topological polar surface area (TPSA) is 52.0 Å². The van der Waals surface area contributed by atoms with Crippen molar-refractivity contribution in [3.63, 3.8) is 0 Å². The summed E-state index contributed by atoms with van der Waals surface area (Å²) >= 11 is 5.99. The van der Waals surface area contributed by atoms with E-state index in [4.69, 9.17) is 22.3 Å². The highest BCUT2D eigenvalue weighted by Crippen LogP contribution is 2.17. The highest BCUT2D eigenvalue weighted by molar-refractivity contribution is 8.13. The first-order valence-electron chi connectivity index (χ1n) is 4.66. The molecule has 0 N–H and O–H groups in total. The summed E-state index contributed by atoms with van der Waals surface area (Å²) in [6.45, 7) is 0.444. The number of hydrogen-bond acceptors (Lipinski definition) is 3. The monoisotopic (exact) mass is 290 g/mol. The van der Waals surface area contributed by atoms with Gasteiger partial charge in [0, 0.05) is 21.9 Å². The first-order valence-corrected chi connectivity index (χ1v) is 7.35. The average Bonchev–Trinajstić information content (AvgIpc) is 2.69. The van der Waals surface area contributed by atoms with Crippen LogP contribution in [0.1, 0.15) is 5.56 Å². The molecule has 17 heavy (non-hydrogen) atoms. The van der Waals surface area contributed by atoms with Crippen LogP contribution in [-0.4, -0.2) is 18.0 Å². The summed E-state index contributed by atoms with van der Waals surface area (Å²) in [7, 11) is 1.40. The van der Waals surface area contributed by atoms with Gasteiger partial charge in [-0.15, -0.1) is 0 Å². The summed E-state index contributed by atoms with van der Waals surface area (Å²) in [6.07, 6.45) is 2.77. The molecule has 0 bridgehead atoms. The van der Waals surface area contributed by atoms with Crippen LogP contribution in [0.4, 0.5) is 0 Å². The lowest BCUT2D eigenvalue weighted by Crippen LogP contribution is -1.97. The fourth-order valence-electron chi connectivity index (χ4n) is 1.38. The summed E-state index contributed by atoms with van der Waals surface area (Å²) in [4.78, 5) is 3.71. The molecule has 0 saturated heterocycles. The van der Waals surface area contributed by atoms with Crippen molar-refractivity contribution in [2.45, 2.75) is 11.6 Å². The molecule has 0 atom stereocenters. The normalized spacial score (nSPS) is 11.6. The van der Waals surface area contributed by atoms with Gasteiger partial charge in [0.15, 0.2) is 5.03 Å². The second-order valence-corrected chi connectivity index (χ2v) is 6.33. The summed E-state index contributed by atoms with van der Waals surface area (Å²) < 4.78 is 23.7. The number of hydrogen-bond donors (Lipinski definition) is 0. The zero-order valence-electron chi connectivity index (χ0n) is 8.55. The van der Waals surface area contributed by atoms with Gasteiger partial charge in [0.2, 0.25) is 0 Å². The summed E-state index contributed by atoms with van der Waals surface area (Å²) in [5.41, 5.74) is 0.880. The zero-order chi connectivity index (χ0) is 12.5. The summed E-state index contributed by atoms with van der Waals surface area (Å²) in [6, 6.07) is 7.32. The smallest absolute Gasteiger partial charge is 0.280 e. The second-order valence-electron chi connectivity index (χ2n) is 3.41. The maximum Gasteiger partial charge on any atom is 0.280 e. The highest BCUT2D eigenvalue weighted by atomic mass is 35.7. The second kappa shape index (κ2) is 4.68. The Morgan fingerprint density at radius 3 is 2.59 bits per heavy atom. The molecule has 0 aliphatic rings. The maximum absolute atomic E-state index is 11.0. The van der Waals surface area contributed by atoms with Gasteiger partial charge < -0.3 is 4.57 Å². The van der Waals surface area contributed by atoms with Crippen LogP contribution < -0.4 is 0 Å². The molecular weight excluding hydrogens is 283 g/mol. The summed E-state index contributed by atoms with van der Waals surface area (Å²) in [5.74, 6) is 0. The Morgan fingerprint density at radius 2 is 2.00 bits per heavy atom. The molecule has 1 aromatic carbocycles. The Balaban J connectivity index is 2.26. The van der Waals surface area contributed by atoms with Crippen LogP contribution in [0.2, 0.25) is 5.02 Å². The Hall–Kier alpha value is -1.04. The van der Waals surface area contributed by atoms with E-state index in [1.807, 2.05) is 18.2 Å². The van der Waals surface area contributed by atoms with E-state index in [9.17, 15) is 8.42 Å². The molecule has 0 unspecified atom stereocenters. The van der Waals surface area contributed by atoms with E-state index in [0.29, 0.717) is 11.6 Å². The summed E-state index contributed by atoms with van der Waals surface area (Å²) in [5, 5.41) is 0.461. The van der Waals surface area contributed by atoms with Crippen molar-refractivity contribution in [1.82, 2.24) is 9.55 Å². The number of benzene rings is 1. The Bertz CT molecular complexity index is 637. The van der Waals surface area contributed by atoms with Crippen LogP contribution in [0, 0.1) is 0 Å². The molecule has 1 heterocycles. The van der Waals surface area contributed by atoms with E-state index in [2.05, 4.69) is 4.98 Å². The Kier molecular flexibility index (Phi) is 3.42. The first-order chi connectivity index (χ1) is 7.97. The van der Waals surface area contributed by atoms with Crippen molar-refractivity contribution in [1.29, 1.82) is 0 Å². The Morgan fingerprint density at radius 1 is 1.29 bits per heavy atom. The van der Waals surface area contributed by atoms with Gasteiger partial charge in [-0.3, -0.25) is 0 Å². The number of nitrogens with zero attached hydrogens (tertiary/aromatic N) is 2. The van der Waals surface area contributed by atoms with Gasteiger partial charge in [0.25, 0.3) is 9.05 Å². The van der Waals surface area contributed by atoms with Crippen molar-refractivity contribution in [2.24, 2.45) is 0 Å². The fraction of sp³-hybridized carbons (Fsp3) is 0.100. The van der Waals surface area contributed by atoms with Crippen molar-refractivity contribution in [3.05, 3.63) is 47.4 Å². The van der Waals surface area contributed by atoms with E-state index < -0.39 is 9.05 Å². The van der Waals surface area contributed by atoms with E-state index in [0.717, 1.165) is 5.56 Å². The molecule has 7 heteroatoms. The van der Waals surface area contributed by atoms with Gasteiger partial charge in [-0.2, -0.15) is 0 Å². The minimum Gasteiger partial charge on any atom is -0.332 e. The molecule has 2 rings (SSSR count). The number of aromatic nitrogens is 2. The maximum atomic E-state index is 11.0. The third kappa shape index (κ3) is 3.00. The van der Waals surface area contributed by atoms with Gasteiger partial charge in [-0.25, -0.2) is 13.4 Å². The molecule has 4 nitrogen and oxygen atoms in total. The molecule has 0 saturated carbocycles. The molecule has 0 fully saturated rings. The number of imidazole rings is 1. The number of halogens is 2. The zero-order valence-corrected chi connectivity index (χ0v) is 10.9. The minimum atomic E-state index is -3.78. The van der Waals surface area contributed by atoms with Crippen LogP contribution in [0.15, 0.2) is 41.8 Å². The van der Waals surface area contributed by atoms with E-state index in [1.54, 1.807) is 10.6 Å². The van der Waals surface area contributed by atoms with Crippen LogP contribution in [0.25, 0.3) is 0 Å². The molecule has 90 valence electrons. The third-order valence-electron chi connectivity index (χ3n) is 2.17. The molecule has 0 radical (unpaired) electrons. The lowest BCUT2D eigenvalue weighted by molar-refractivity contribution is 0.606. The Labute approximate surface area is 108 Å². The molecular formula is C10H8Cl2N2O2S. The van der Waals surface area contributed by atoms with E-state index in [1.165, 1.54) is 12.5 Å².